The van der Waals surface area contributed by atoms with Gasteiger partial charge in [-0.15, -0.1) is 12.6 Å². The van der Waals surface area contributed by atoms with Crippen LogP contribution in [0.25, 0.3) is 0 Å². The second-order valence-corrected chi connectivity index (χ2v) is 5.98. The number of amides is 1. The topological polar surface area (TPSA) is 29.1 Å². The number of benzene rings is 2. The van der Waals surface area contributed by atoms with Gasteiger partial charge >= 0.3 is 0 Å². The van der Waals surface area contributed by atoms with Crippen LogP contribution in [0.2, 0.25) is 0 Å². The van der Waals surface area contributed by atoms with Crippen LogP contribution in [0.4, 0.5) is 5.69 Å². The van der Waals surface area contributed by atoms with Crippen LogP contribution in [0, 0.1) is 0 Å². The zero-order valence-electron chi connectivity index (χ0n) is 11.2. The summed E-state index contributed by atoms with van der Waals surface area (Å²) in [7, 11) is 0. The molecule has 2 aromatic rings. The van der Waals surface area contributed by atoms with E-state index in [0.717, 1.165) is 32.6 Å². The lowest BCUT2D eigenvalue weighted by Crippen LogP contribution is -2.15. The molecule has 0 unspecified atom stereocenters. The summed E-state index contributed by atoms with van der Waals surface area (Å²) in [6.45, 7) is 2.07. The Bertz CT molecular complexity index is 610. The largest absolute Gasteiger partial charge is 0.326 e. The molecule has 0 aliphatic carbocycles. The van der Waals surface area contributed by atoms with E-state index in [1.165, 1.54) is 0 Å². The summed E-state index contributed by atoms with van der Waals surface area (Å²) in [5.74, 6) is -0.00561. The fraction of sp³-hybridized carbons (Fsp3) is 0.188. The SMILES string of the molecule is CCc1cc(Br)ccc1NC(=O)Cc1ccc(S)cc1. The third kappa shape index (κ3) is 4.12. The van der Waals surface area contributed by atoms with Crippen LogP contribution >= 0.6 is 28.6 Å². The number of nitrogens with one attached hydrogen (secondary N) is 1. The smallest absolute Gasteiger partial charge is 0.228 e. The van der Waals surface area contributed by atoms with Crippen molar-refractivity contribution in [3.8, 4) is 0 Å². The molecule has 0 atom stereocenters. The van der Waals surface area contributed by atoms with Gasteiger partial charge in [-0.25, -0.2) is 0 Å². The molecular weight excluding hydrogens is 334 g/mol. The standard InChI is InChI=1S/C16H16BrNOS/c1-2-12-10-13(17)5-8-15(12)18-16(19)9-11-3-6-14(20)7-4-11/h3-8,10,20H,2,9H2,1H3,(H,18,19). The van der Waals surface area contributed by atoms with Crippen LogP contribution in [0.5, 0.6) is 0 Å². The third-order valence-corrected chi connectivity index (χ3v) is 3.81. The molecule has 1 amide bonds. The van der Waals surface area contributed by atoms with E-state index < -0.39 is 0 Å². The van der Waals surface area contributed by atoms with Crippen LogP contribution in [0.3, 0.4) is 0 Å². The highest BCUT2D eigenvalue weighted by Gasteiger charge is 2.07. The molecule has 4 heteroatoms. The van der Waals surface area contributed by atoms with E-state index in [1.54, 1.807) is 0 Å². The summed E-state index contributed by atoms with van der Waals surface area (Å²) in [5.41, 5.74) is 2.99. The number of aryl methyl sites for hydroxylation is 1. The Kier molecular flexibility index (Phi) is 5.26. The monoisotopic (exact) mass is 349 g/mol. The molecule has 0 aromatic heterocycles. The molecule has 2 rings (SSSR count). The minimum Gasteiger partial charge on any atom is -0.326 e. The van der Waals surface area contributed by atoms with Gasteiger partial charge in [-0.05, 0) is 47.9 Å². The number of anilines is 1. The molecule has 0 aliphatic heterocycles. The second-order valence-electron chi connectivity index (χ2n) is 4.55. The molecule has 0 saturated heterocycles. The molecule has 0 radical (unpaired) electrons. The first-order chi connectivity index (χ1) is 9.58. The predicted octanol–water partition coefficient (Wildman–Crippen LogP) is 4.48. The lowest BCUT2D eigenvalue weighted by atomic mass is 10.1. The van der Waals surface area contributed by atoms with Crippen LogP contribution in [-0.2, 0) is 17.6 Å². The van der Waals surface area contributed by atoms with E-state index in [0.29, 0.717) is 6.42 Å². The predicted molar refractivity (Wildman–Crippen MR) is 89.5 cm³/mol. The van der Waals surface area contributed by atoms with E-state index in [4.69, 9.17) is 0 Å². The summed E-state index contributed by atoms with van der Waals surface area (Å²) in [4.78, 5) is 13.0. The number of thiol groups is 1. The zero-order valence-corrected chi connectivity index (χ0v) is 13.7. The molecule has 0 aliphatic rings. The molecule has 20 heavy (non-hydrogen) atoms. The van der Waals surface area contributed by atoms with Gasteiger partial charge in [-0.2, -0.15) is 0 Å². The third-order valence-electron chi connectivity index (χ3n) is 3.02. The lowest BCUT2D eigenvalue weighted by Gasteiger charge is -2.10. The average Bonchev–Trinajstić information content (AvgIpc) is 2.43. The summed E-state index contributed by atoms with van der Waals surface area (Å²) in [5, 5.41) is 2.97. The highest BCUT2D eigenvalue weighted by molar-refractivity contribution is 9.10. The number of carbonyl (C=O) groups excluding carboxylic acids is 1. The molecule has 1 N–H and O–H groups in total. The molecule has 0 spiro atoms. The van der Waals surface area contributed by atoms with Gasteiger partial charge in [-0.1, -0.05) is 35.0 Å². The maximum Gasteiger partial charge on any atom is 0.228 e. The van der Waals surface area contributed by atoms with Crippen LogP contribution in [0.1, 0.15) is 18.1 Å². The Hall–Kier alpha value is -1.26. The van der Waals surface area contributed by atoms with Crippen LogP contribution in [-0.4, -0.2) is 5.91 Å². The van der Waals surface area contributed by atoms with Crippen molar-refractivity contribution in [1.82, 2.24) is 0 Å². The highest BCUT2D eigenvalue weighted by atomic mass is 79.9. The Morgan fingerprint density at radius 3 is 2.55 bits per heavy atom. The normalized spacial score (nSPS) is 10.3. The average molecular weight is 350 g/mol. The van der Waals surface area contributed by atoms with Crippen LogP contribution < -0.4 is 5.32 Å². The zero-order chi connectivity index (χ0) is 14.5. The number of carbonyl (C=O) groups is 1. The van der Waals surface area contributed by atoms with Crippen molar-refractivity contribution in [2.45, 2.75) is 24.7 Å². The first kappa shape index (κ1) is 15.1. The van der Waals surface area contributed by atoms with Crippen molar-refractivity contribution >= 4 is 40.2 Å². The quantitative estimate of drug-likeness (QED) is 0.782. The molecule has 0 saturated carbocycles. The summed E-state index contributed by atoms with van der Waals surface area (Å²) in [6, 6.07) is 13.5. The van der Waals surface area contributed by atoms with Crippen molar-refractivity contribution in [2.75, 3.05) is 5.32 Å². The van der Waals surface area contributed by atoms with Gasteiger partial charge in [0.2, 0.25) is 5.91 Å². The van der Waals surface area contributed by atoms with Gasteiger partial charge in [0, 0.05) is 15.1 Å². The lowest BCUT2D eigenvalue weighted by molar-refractivity contribution is -0.115. The molecule has 0 heterocycles. The Morgan fingerprint density at radius 2 is 1.90 bits per heavy atom. The van der Waals surface area contributed by atoms with Crippen LogP contribution in [0.15, 0.2) is 51.8 Å². The Morgan fingerprint density at radius 1 is 1.20 bits per heavy atom. The first-order valence-electron chi connectivity index (χ1n) is 6.44. The van der Waals surface area contributed by atoms with Gasteiger partial charge in [0.05, 0.1) is 6.42 Å². The fourth-order valence-electron chi connectivity index (χ4n) is 1.97. The molecule has 2 aromatic carbocycles. The van der Waals surface area contributed by atoms with Gasteiger partial charge < -0.3 is 5.32 Å². The number of hydrogen-bond acceptors (Lipinski definition) is 2. The van der Waals surface area contributed by atoms with E-state index in [-0.39, 0.29) is 5.91 Å². The van der Waals surface area contributed by atoms with Gasteiger partial charge in [0.1, 0.15) is 0 Å². The van der Waals surface area contributed by atoms with Gasteiger partial charge in [0.25, 0.3) is 0 Å². The number of halogens is 1. The van der Waals surface area contributed by atoms with Gasteiger partial charge in [0.15, 0.2) is 0 Å². The van der Waals surface area contributed by atoms with E-state index >= 15 is 0 Å². The van der Waals surface area contributed by atoms with E-state index in [2.05, 4.69) is 40.8 Å². The molecular formula is C16H16BrNOS. The molecule has 0 fully saturated rings. The van der Waals surface area contributed by atoms with Crippen molar-refractivity contribution in [1.29, 1.82) is 0 Å². The molecule has 104 valence electrons. The number of rotatable bonds is 4. The first-order valence-corrected chi connectivity index (χ1v) is 7.68. The minimum absolute atomic E-state index is 0.00561. The fourth-order valence-corrected chi connectivity index (χ4v) is 2.53. The molecule has 2 nitrogen and oxygen atoms in total. The summed E-state index contributed by atoms with van der Waals surface area (Å²) < 4.78 is 1.02. The van der Waals surface area contributed by atoms with E-state index in [9.17, 15) is 4.79 Å². The van der Waals surface area contributed by atoms with Crippen molar-refractivity contribution in [3.63, 3.8) is 0 Å². The number of hydrogen-bond donors (Lipinski definition) is 2. The second kappa shape index (κ2) is 6.95. The maximum absolute atomic E-state index is 12.1. The Balaban J connectivity index is 2.06. The van der Waals surface area contributed by atoms with Crippen molar-refractivity contribution in [2.24, 2.45) is 0 Å². The summed E-state index contributed by atoms with van der Waals surface area (Å²) in [6.07, 6.45) is 1.25. The highest BCUT2D eigenvalue weighted by Crippen LogP contribution is 2.21. The van der Waals surface area contributed by atoms with Crippen molar-refractivity contribution in [3.05, 3.63) is 58.1 Å². The van der Waals surface area contributed by atoms with Crippen molar-refractivity contribution < 1.29 is 4.79 Å². The minimum atomic E-state index is -0.00561. The van der Waals surface area contributed by atoms with E-state index in [1.807, 2.05) is 42.5 Å². The molecule has 0 bridgehead atoms. The Labute approximate surface area is 133 Å². The maximum atomic E-state index is 12.1. The summed E-state index contributed by atoms with van der Waals surface area (Å²) >= 11 is 7.68. The van der Waals surface area contributed by atoms with Gasteiger partial charge in [-0.3, -0.25) is 4.79 Å².